The lowest BCUT2D eigenvalue weighted by Crippen LogP contribution is -2.11. The van der Waals surface area contributed by atoms with Crippen molar-refractivity contribution in [3.05, 3.63) is 70.5 Å². The molecule has 0 bridgehead atoms. The third-order valence-corrected chi connectivity index (χ3v) is 6.92. The predicted molar refractivity (Wildman–Crippen MR) is 108 cm³/mol. The molecule has 0 amide bonds. The third-order valence-electron chi connectivity index (χ3n) is 3.65. The van der Waals surface area contributed by atoms with E-state index in [1.807, 2.05) is 24.3 Å². The van der Waals surface area contributed by atoms with Gasteiger partial charge < -0.3 is 4.52 Å². The number of halogens is 1. The monoisotopic (exact) mass is 461 g/mol. The van der Waals surface area contributed by atoms with Crippen LogP contribution in [-0.2, 0) is 10.0 Å². The maximum atomic E-state index is 12.3. The third kappa shape index (κ3) is 3.95. The summed E-state index contributed by atoms with van der Waals surface area (Å²) in [4.78, 5) is 4.40. The fourth-order valence-corrected chi connectivity index (χ4v) is 4.84. The molecule has 0 fully saturated rings. The van der Waals surface area contributed by atoms with Crippen LogP contribution in [-0.4, -0.2) is 18.6 Å². The van der Waals surface area contributed by atoms with Crippen LogP contribution in [0.4, 0.5) is 5.69 Å². The van der Waals surface area contributed by atoms with E-state index in [1.54, 1.807) is 41.8 Å². The Morgan fingerprint density at radius 1 is 1.00 bits per heavy atom. The zero-order valence-electron chi connectivity index (χ0n) is 13.7. The van der Waals surface area contributed by atoms with Crippen LogP contribution in [0.25, 0.3) is 22.8 Å². The Kier molecular flexibility index (Phi) is 4.81. The number of hydrogen-bond donors (Lipinski definition) is 1. The molecule has 0 aliphatic heterocycles. The summed E-state index contributed by atoms with van der Waals surface area (Å²) in [6.45, 7) is 0. The van der Waals surface area contributed by atoms with Crippen molar-refractivity contribution in [2.24, 2.45) is 0 Å². The van der Waals surface area contributed by atoms with Crippen LogP contribution < -0.4 is 4.72 Å². The Labute approximate surface area is 168 Å². The van der Waals surface area contributed by atoms with Gasteiger partial charge in [-0.05, 0) is 53.9 Å². The first-order valence-electron chi connectivity index (χ1n) is 7.78. The largest absolute Gasteiger partial charge is 0.334 e. The maximum Gasteiger partial charge on any atom is 0.271 e. The van der Waals surface area contributed by atoms with Gasteiger partial charge in [-0.2, -0.15) is 4.98 Å². The Bertz CT molecular complexity index is 1170. The minimum Gasteiger partial charge on any atom is -0.334 e. The molecule has 0 saturated carbocycles. The lowest BCUT2D eigenvalue weighted by molar-refractivity contribution is 0.432. The van der Waals surface area contributed by atoms with Gasteiger partial charge in [0.05, 0.1) is 0 Å². The molecule has 4 rings (SSSR count). The molecule has 4 aromatic rings. The Morgan fingerprint density at radius 3 is 2.52 bits per heavy atom. The van der Waals surface area contributed by atoms with Crippen LogP contribution in [0.15, 0.2) is 79.2 Å². The first-order valence-corrected chi connectivity index (χ1v) is 10.9. The quantitative estimate of drug-likeness (QED) is 0.450. The van der Waals surface area contributed by atoms with Gasteiger partial charge >= 0.3 is 0 Å². The number of hydrogen-bond acceptors (Lipinski definition) is 6. The first kappa shape index (κ1) is 17.9. The van der Waals surface area contributed by atoms with Crippen molar-refractivity contribution in [2.45, 2.75) is 4.21 Å². The molecule has 0 spiro atoms. The highest BCUT2D eigenvalue weighted by Crippen LogP contribution is 2.26. The first-order chi connectivity index (χ1) is 13.0. The second-order valence-corrected chi connectivity index (χ2v) is 9.32. The molecule has 9 heteroatoms. The van der Waals surface area contributed by atoms with Gasteiger partial charge in [-0.15, -0.1) is 11.3 Å². The molecule has 2 aromatic carbocycles. The van der Waals surface area contributed by atoms with Crippen molar-refractivity contribution in [1.29, 1.82) is 0 Å². The van der Waals surface area contributed by atoms with E-state index < -0.39 is 10.0 Å². The molecule has 2 aromatic heterocycles. The van der Waals surface area contributed by atoms with Gasteiger partial charge in [-0.3, -0.25) is 4.72 Å². The number of thiophene rings is 1. The van der Waals surface area contributed by atoms with Gasteiger partial charge in [0.25, 0.3) is 15.9 Å². The molecular weight excluding hydrogens is 450 g/mol. The summed E-state index contributed by atoms with van der Waals surface area (Å²) in [6, 6.07) is 17.6. The molecule has 0 unspecified atom stereocenters. The van der Waals surface area contributed by atoms with Crippen molar-refractivity contribution in [3.8, 4) is 22.8 Å². The van der Waals surface area contributed by atoms with Gasteiger partial charge in [0.2, 0.25) is 5.82 Å². The van der Waals surface area contributed by atoms with Gasteiger partial charge in [-0.1, -0.05) is 33.2 Å². The number of rotatable bonds is 5. The Balaban J connectivity index is 1.55. The summed E-state index contributed by atoms with van der Waals surface area (Å²) < 4.78 is 33.6. The molecule has 6 nitrogen and oxygen atoms in total. The number of anilines is 1. The molecule has 0 aliphatic rings. The topological polar surface area (TPSA) is 85.1 Å². The van der Waals surface area contributed by atoms with Crippen molar-refractivity contribution < 1.29 is 12.9 Å². The van der Waals surface area contributed by atoms with Gasteiger partial charge in [-0.25, -0.2) is 8.42 Å². The maximum absolute atomic E-state index is 12.3. The molecule has 0 aliphatic carbocycles. The number of nitrogens with one attached hydrogen (secondary N) is 1. The standard InChI is InChI=1S/C18H12BrN3O3S2/c19-14-4-1-3-13(11-14)18-20-17(21-25-18)12-6-8-15(9-7-12)22-27(23,24)16-5-2-10-26-16/h1-11,22H. The molecular formula is C18H12BrN3O3S2. The van der Waals surface area contributed by atoms with Crippen LogP contribution in [0, 0.1) is 0 Å². The summed E-state index contributed by atoms with van der Waals surface area (Å²) in [5.41, 5.74) is 1.99. The fourth-order valence-electron chi connectivity index (χ4n) is 2.39. The molecule has 1 N–H and O–H groups in total. The minimum atomic E-state index is -3.57. The summed E-state index contributed by atoms with van der Waals surface area (Å²) in [5, 5.41) is 5.72. The number of aromatic nitrogens is 2. The summed E-state index contributed by atoms with van der Waals surface area (Å²) in [7, 11) is -3.57. The highest BCUT2D eigenvalue weighted by atomic mass is 79.9. The molecule has 0 atom stereocenters. The average Bonchev–Trinajstić information content (AvgIpc) is 3.35. The van der Waals surface area contributed by atoms with E-state index in [0.717, 1.165) is 26.9 Å². The predicted octanol–water partition coefficient (Wildman–Crippen LogP) is 5.03. The van der Waals surface area contributed by atoms with E-state index in [9.17, 15) is 8.42 Å². The van der Waals surface area contributed by atoms with Crippen molar-refractivity contribution >= 4 is 43.0 Å². The van der Waals surface area contributed by atoms with E-state index in [4.69, 9.17) is 4.52 Å². The van der Waals surface area contributed by atoms with Crippen LogP contribution in [0.5, 0.6) is 0 Å². The molecule has 0 radical (unpaired) electrons. The van der Waals surface area contributed by atoms with Crippen LogP contribution in [0.3, 0.4) is 0 Å². The van der Waals surface area contributed by atoms with Crippen LogP contribution in [0.1, 0.15) is 0 Å². The number of nitrogens with zero attached hydrogens (tertiary/aromatic N) is 2. The number of sulfonamides is 1. The smallest absolute Gasteiger partial charge is 0.271 e. The minimum absolute atomic E-state index is 0.267. The molecule has 0 saturated heterocycles. The SMILES string of the molecule is O=S(=O)(Nc1ccc(-c2noc(-c3cccc(Br)c3)n2)cc1)c1cccs1. The Morgan fingerprint density at radius 2 is 1.81 bits per heavy atom. The van der Waals surface area contributed by atoms with Crippen molar-refractivity contribution in [1.82, 2.24) is 10.1 Å². The van der Waals surface area contributed by atoms with Crippen LogP contribution >= 0.6 is 27.3 Å². The highest BCUT2D eigenvalue weighted by molar-refractivity contribution is 9.10. The van der Waals surface area contributed by atoms with Crippen molar-refractivity contribution in [2.75, 3.05) is 4.72 Å². The van der Waals surface area contributed by atoms with Gasteiger partial charge in [0, 0.05) is 21.3 Å². The van der Waals surface area contributed by atoms with E-state index in [1.165, 1.54) is 0 Å². The van der Waals surface area contributed by atoms with Crippen LogP contribution in [0.2, 0.25) is 0 Å². The molecule has 27 heavy (non-hydrogen) atoms. The normalized spacial score (nSPS) is 11.4. The van der Waals surface area contributed by atoms with E-state index in [2.05, 4.69) is 30.8 Å². The highest BCUT2D eigenvalue weighted by Gasteiger charge is 2.16. The zero-order chi connectivity index (χ0) is 18.9. The summed E-state index contributed by atoms with van der Waals surface area (Å²) in [6.07, 6.45) is 0. The van der Waals surface area contributed by atoms with Gasteiger partial charge in [0.15, 0.2) is 0 Å². The molecule has 2 heterocycles. The Hall–Kier alpha value is -2.49. The second kappa shape index (κ2) is 7.26. The lowest BCUT2D eigenvalue weighted by atomic mass is 10.2. The lowest BCUT2D eigenvalue weighted by Gasteiger charge is -2.06. The second-order valence-electron chi connectivity index (χ2n) is 5.55. The summed E-state index contributed by atoms with van der Waals surface area (Å²) >= 11 is 4.58. The average molecular weight is 462 g/mol. The van der Waals surface area contributed by atoms with E-state index in [0.29, 0.717) is 17.4 Å². The van der Waals surface area contributed by atoms with Crippen molar-refractivity contribution in [3.63, 3.8) is 0 Å². The zero-order valence-corrected chi connectivity index (χ0v) is 16.9. The fraction of sp³-hybridized carbons (Fsp3) is 0. The summed E-state index contributed by atoms with van der Waals surface area (Å²) in [5.74, 6) is 0.839. The van der Waals surface area contributed by atoms with E-state index >= 15 is 0 Å². The number of benzene rings is 2. The van der Waals surface area contributed by atoms with Gasteiger partial charge in [0.1, 0.15) is 4.21 Å². The van der Waals surface area contributed by atoms with E-state index in [-0.39, 0.29) is 4.21 Å². The molecule has 136 valence electrons.